The summed E-state index contributed by atoms with van der Waals surface area (Å²) in [7, 11) is 0. The molecule has 116 valence electrons. The van der Waals surface area contributed by atoms with Crippen molar-refractivity contribution in [2.75, 3.05) is 13.2 Å². The molecule has 7 heteroatoms. The molecule has 0 unspecified atom stereocenters. The highest BCUT2D eigenvalue weighted by Gasteiger charge is 2.18. The van der Waals surface area contributed by atoms with Gasteiger partial charge < -0.3 is 10.1 Å². The maximum absolute atomic E-state index is 12.1. The van der Waals surface area contributed by atoms with Gasteiger partial charge in [-0.3, -0.25) is 10.1 Å². The van der Waals surface area contributed by atoms with Crippen LogP contribution in [0.15, 0.2) is 24.3 Å². The number of thiophene rings is 1. The molecule has 6 nitrogen and oxygen atoms in total. The summed E-state index contributed by atoms with van der Waals surface area (Å²) in [6.45, 7) is 3.47. The molecule has 0 aliphatic rings. The van der Waals surface area contributed by atoms with Crippen LogP contribution < -0.4 is 10.6 Å². The van der Waals surface area contributed by atoms with Crippen LogP contribution in [0.25, 0.3) is 10.1 Å². The van der Waals surface area contributed by atoms with Crippen LogP contribution in [0.5, 0.6) is 0 Å². The van der Waals surface area contributed by atoms with Gasteiger partial charge >= 0.3 is 12.0 Å². The minimum Gasteiger partial charge on any atom is -0.451 e. The molecule has 3 amide bonds. The molecule has 0 fully saturated rings. The smallest absolute Gasteiger partial charge is 0.349 e. The maximum Gasteiger partial charge on any atom is 0.349 e. The molecule has 0 bridgehead atoms. The lowest BCUT2D eigenvalue weighted by Gasteiger charge is -2.05. The van der Waals surface area contributed by atoms with E-state index in [4.69, 9.17) is 4.74 Å². The van der Waals surface area contributed by atoms with Gasteiger partial charge in [0, 0.05) is 11.2 Å². The predicted octanol–water partition coefficient (Wildman–Crippen LogP) is 2.21. The number of esters is 1. The van der Waals surface area contributed by atoms with Crippen LogP contribution in [-0.2, 0) is 9.53 Å². The van der Waals surface area contributed by atoms with Gasteiger partial charge in [0.2, 0.25) is 0 Å². The van der Waals surface area contributed by atoms with Gasteiger partial charge in [-0.05, 0) is 30.9 Å². The number of amides is 3. The van der Waals surface area contributed by atoms with Crippen LogP contribution in [0.3, 0.4) is 0 Å². The fourth-order valence-corrected chi connectivity index (χ4v) is 3.04. The normalized spacial score (nSPS) is 10.3. The van der Waals surface area contributed by atoms with E-state index < -0.39 is 24.5 Å². The van der Waals surface area contributed by atoms with E-state index in [1.165, 1.54) is 11.3 Å². The Labute approximate surface area is 131 Å². The van der Waals surface area contributed by atoms with Crippen molar-refractivity contribution in [3.8, 4) is 0 Å². The number of rotatable bonds is 4. The first kappa shape index (κ1) is 16.0. The van der Waals surface area contributed by atoms with E-state index in [0.29, 0.717) is 11.4 Å². The van der Waals surface area contributed by atoms with E-state index in [1.807, 2.05) is 31.2 Å². The molecule has 0 saturated heterocycles. The average Bonchev–Trinajstić information content (AvgIpc) is 2.83. The number of imide groups is 1. The maximum atomic E-state index is 12.1. The van der Waals surface area contributed by atoms with Crippen LogP contribution >= 0.6 is 11.3 Å². The molecular formula is C15H16N2O4S. The number of hydrogen-bond donors (Lipinski definition) is 2. The van der Waals surface area contributed by atoms with Gasteiger partial charge in [-0.25, -0.2) is 9.59 Å². The number of aryl methyl sites for hydroxylation is 1. The van der Waals surface area contributed by atoms with Crippen molar-refractivity contribution >= 4 is 39.3 Å². The van der Waals surface area contributed by atoms with E-state index in [0.717, 1.165) is 15.6 Å². The number of benzene rings is 1. The Balaban J connectivity index is 1.98. The second kappa shape index (κ2) is 7.04. The minimum atomic E-state index is -0.668. The molecule has 1 heterocycles. The van der Waals surface area contributed by atoms with E-state index in [9.17, 15) is 14.4 Å². The molecule has 0 radical (unpaired) electrons. The Morgan fingerprint density at radius 2 is 1.95 bits per heavy atom. The topological polar surface area (TPSA) is 84.5 Å². The quantitative estimate of drug-likeness (QED) is 0.846. The predicted molar refractivity (Wildman–Crippen MR) is 84.1 cm³/mol. The highest BCUT2D eigenvalue weighted by atomic mass is 32.1. The average molecular weight is 320 g/mol. The van der Waals surface area contributed by atoms with E-state index >= 15 is 0 Å². The van der Waals surface area contributed by atoms with Crippen LogP contribution in [0.2, 0.25) is 0 Å². The molecule has 2 N–H and O–H groups in total. The third-order valence-electron chi connectivity index (χ3n) is 2.95. The summed E-state index contributed by atoms with van der Waals surface area (Å²) in [5, 5.41) is 5.47. The molecule has 0 aliphatic heterocycles. The number of carbonyl (C=O) groups is 3. The van der Waals surface area contributed by atoms with Gasteiger partial charge in [-0.15, -0.1) is 11.3 Å². The Hall–Kier alpha value is -2.41. The van der Waals surface area contributed by atoms with Crippen LogP contribution in [0, 0.1) is 6.92 Å². The lowest BCUT2D eigenvalue weighted by molar-refractivity contribution is -0.123. The summed E-state index contributed by atoms with van der Waals surface area (Å²) in [6.07, 6.45) is 0. The number of urea groups is 1. The summed E-state index contributed by atoms with van der Waals surface area (Å²) >= 11 is 1.32. The fourth-order valence-electron chi connectivity index (χ4n) is 1.93. The second-order valence-electron chi connectivity index (χ2n) is 4.54. The van der Waals surface area contributed by atoms with Gasteiger partial charge in [0.25, 0.3) is 5.91 Å². The van der Waals surface area contributed by atoms with Crippen molar-refractivity contribution in [1.29, 1.82) is 0 Å². The van der Waals surface area contributed by atoms with Gasteiger partial charge in [-0.1, -0.05) is 18.2 Å². The number of ether oxygens (including phenoxy) is 1. The van der Waals surface area contributed by atoms with E-state index in [1.54, 1.807) is 6.92 Å². The SMILES string of the molecule is CCNC(=O)NC(=O)COC(=O)c1sc2ccccc2c1C. The van der Waals surface area contributed by atoms with Gasteiger partial charge in [0.05, 0.1) is 0 Å². The summed E-state index contributed by atoms with van der Waals surface area (Å²) < 4.78 is 5.94. The number of hydrogen-bond acceptors (Lipinski definition) is 5. The molecule has 2 aromatic rings. The zero-order valence-electron chi connectivity index (χ0n) is 12.3. The molecule has 22 heavy (non-hydrogen) atoms. The van der Waals surface area contributed by atoms with Crippen molar-refractivity contribution in [2.24, 2.45) is 0 Å². The van der Waals surface area contributed by atoms with Crippen LogP contribution in [-0.4, -0.2) is 31.1 Å². The molecule has 1 aromatic heterocycles. The van der Waals surface area contributed by atoms with Crippen LogP contribution in [0.4, 0.5) is 4.79 Å². The first-order valence-electron chi connectivity index (χ1n) is 6.75. The second-order valence-corrected chi connectivity index (χ2v) is 5.59. The van der Waals surface area contributed by atoms with Crippen molar-refractivity contribution in [3.63, 3.8) is 0 Å². The van der Waals surface area contributed by atoms with Crippen molar-refractivity contribution in [3.05, 3.63) is 34.7 Å². The molecule has 2 rings (SSSR count). The zero-order valence-corrected chi connectivity index (χ0v) is 13.1. The minimum absolute atomic E-state index is 0.403. The fraction of sp³-hybridized carbons (Fsp3) is 0.267. The first-order chi connectivity index (χ1) is 10.5. The van der Waals surface area contributed by atoms with Gasteiger partial charge in [0.1, 0.15) is 4.88 Å². The first-order valence-corrected chi connectivity index (χ1v) is 7.57. The summed E-state index contributed by atoms with van der Waals surface area (Å²) in [5.74, 6) is -1.23. The summed E-state index contributed by atoms with van der Waals surface area (Å²) in [4.78, 5) is 35.2. The molecule has 0 spiro atoms. The largest absolute Gasteiger partial charge is 0.451 e. The zero-order chi connectivity index (χ0) is 16.1. The molecular weight excluding hydrogens is 304 g/mol. The van der Waals surface area contributed by atoms with Crippen molar-refractivity contribution < 1.29 is 19.1 Å². The molecule has 0 atom stereocenters. The van der Waals surface area contributed by atoms with E-state index in [2.05, 4.69) is 10.6 Å². The lowest BCUT2D eigenvalue weighted by Crippen LogP contribution is -2.41. The Kier molecular flexibility index (Phi) is 5.11. The standard InChI is InChI=1S/C15H16N2O4S/c1-3-16-15(20)17-12(18)8-21-14(19)13-9(2)10-6-4-5-7-11(10)22-13/h4-7H,3,8H2,1-2H3,(H2,16,17,18,20). The lowest BCUT2D eigenvalue weighted by atomic mass is 10.1. The highest BCUT2D eigenvalue weighted by Crippen LogP contribution is 2.30. The number of fused-ring (bicyclic) bond motifs is 1. The van der Waals surface area contributed by atoms with E-state index in [-0.39, 0.29) is 0 Å². The molecule has 0 saturated carbocycles. The van der Waals surface area contributed by atoms with Crippen LogP contribution in [0.1, 0.15) is 22.2 Å². The Morgan fingerprint density at radius 1 is 1.23 bits per heavy atom. The Bertz CT molecular complexity index is 723. The number of nitrogens with one attached hydrogen (secondary N) is 2. The van der Waals surface area contributed by atoms with Gasteiger partial charge in [0.15, 0.2) is 6.61 Å². The molecule has 1 aromatic carbocycles. The third kappa shape index (κ3) is 3.62. The monoisotopic (exact) mass is 320 g/mol. The summed E-state index contributed by atoms with van der Waals surface area (Å²) in [6, 6.07) is 7.04. The van der Waals surface area contributed by atoms with Crippen molar-refractivity contribution in [2.45, 2.75) is 13.8 Å². The highest BCUT2D eigenvalue weighted by molar-refractivity contribution is 7.21. The van der Waals surface area contributed by atoms with Gasteiger partial charge in [-0.2, -0.15) is 0 Å². The van der Waals surface area contributed by atoms with Crippen molar-refractivity contribution in [1.82, 2.24) is 10.6 Å². The third-order valence-corrected chi connectivity index (χ3v) is 4.21. The Morgan fingerprint density at radius 3 is 2.64 bits per heavy atom. The molecule has 0 aliphatic carbocycles. The summed E-state index contributed by atoms with van der Waals surface area (Å²) in [5.41, 5.74) is 0.828. The number of carbonyl (C=O) groups excluding carboxylic acids is 3.